The molecule has 2 N–H and O–H groups in total. The van der Waals surface area contributed by atoms with Crippen LogP contribution in [0.2, 0.25) is 0 Å². The second-order valence-electron chi connectivity index (χ2n) is 7.96. The van der Waals surface area contributed by atoms with Crippen LogP contribution in [-0.4, -0.2) is 71.5 Å². The molecule has 1 heterocycles. The number of benzene rings is 2. The Hall–Kier alpha value is -3.04. The number of methoxy groups -OCH3 is 1. The van der Waals surface area contributed by atoms with E-state index in [9.17, 15) is 19.5 Å². The van der Waals surface area contributed by atoms with Crippen molar-refractivity contribution >= 4 is 29.7 Å². The van der Waals surface area contributed by atoms with Crippen molar-refractivity contribution < 1.29 is 29.0 Å². The number of nitrogens with one attached hydrogen (secondary N) is 1. The highest BCUT2D eigenvalue weighted by atomic mass is 32.2. The highest BCUT2D eigenvalue weighted by Gasteiger charge is 2.42. The molecule has 1 aliphatic heterocycles. The van der Waals surface area contributed by atoms with Crippen LogP contribution < -0.4 is 5.32 Å². The number of carboxylic acid groups (broad SMARTS) is 1. The van der Waals surface area contributed by atoms with Crippen LogP contribution >= 0.6 is 11.8 Å². The van der Waals surface area contributed by atoms with Crippen LogP contribution in [0.5, 0.6) is 0 Å². The Kier molecular flexibility index (Phi) is 6.90. The number of hydrogen-bond acceptors (Lipinski definition) is 6. The number of hydrogen-bond donors (Lipinski definition) is 2. The summed E-state index contributed by atoms with van der Waals surface area (Å²) < 4.78 is 10.8. The first-order valence-corrected chi connectivity index (χ1v) is 11.8. The van der Waals surface area contributed by atoms with E-state index in [-0.39, 0.29) is 24.4 Å². The molecule has 0 aromatic heterocycles. The summed E-state index contributed by atoms with van der Waals surface area (Å²) >= 11 is 1.39. The number of aliphatic carboxylic acids is 1. The van der Waals surface area contributed by atoms with Gasteiger partial charge in [0.05, 0.1) is 11.9 Å². The van der Waals surface area contributed by atoms with Crippen molar-refractivity contribution in [2.45, 2.75) is 30.4 Å². The molecule has 33 heavy (non-hydrogen) atoms. The van der Waals surface area contributed by atoms with E-state index in [4.69, 9.17) is 9.47 Å². The number of nitrogens with zero attached hydrogens (tertiary/aromatic N) is 1. The van der Waals surface area contributed by atoms with Gasteiger partial charge in [-0.25, -0.2) is 9.59 Å². The zero-order valence-corrected chi connectivity index (χ0v) is 19.2. The smallest absolute Gasteiger partial charge is 0.407 e. The Bertz CT molecular complexity index is 1020. The Balaban J connectivity index is 1.36. The molecule has 0 spiro atoms. The third kappa shape index (κ3) is 4.56. The van der Waals surface area contributed by atoms with Crippen LogP contribution in [-0.2, 0) is 19.1 Å². The maximum atomic E-state index is 12.9. The molecule has 3 atom stereocenters. The van der Waals surface area contributed by atoms with E-state index in [1.807, 2.05) is 36.4 Å². The fourth-order valence-corrected chi connectivity index (χ4v) is 5.61. The van der Waals surface area contributed by atoms with E-state index in [1.165, 1.54) is 23.8 Å². The van der Waals surface area contributed by atoms with Gasteiger partial charge in [0.15, 0.2) is 6.10 Å². The molecule has 9 heteroatoms. The number of alkyl carbamates (subject to hydrolysis) is 1. The minimum atomic E-state index is -1.06. The summed E-state index contributed by atoms with van der Waals surface area (Å²) in [6, 6.07) is 15.2. The minimum Gasteiger partial charge on any atom is -0.480 e. The molecular formula is C24H26N2O6S. The summed E-state index contributed by atoms with van der Waals surface area (Å²) in [6.07, 6.45) is -1.67. The lowest BCUT2D eigenvalue weighted by molar-refractivity contribution is -0.153. The minimum absolute atomic E-state index is 0.0678. The number of carboxylic acids is 1. The SMILES string of the molecule is COC(CNC(=O)OCC1c2ccccc2-c2ccccc21)C(=O)N1C(C)SCC1C(=O)O. The molecule has 2 aliphatic rings. The molecule has 0 radical (unpaired) electrons. The van der Waals surface area contributed by atoms with Crippen molar-refractivity contribution in [2.75, 3.05) is 26.0 Å². The number of rotatable bonds is 7. The van der Waals surface area contributed by atoms with E-state index in [0.717, 1.165) is 22.3 Å². The predicted molar refractivity (Wildman–Crippen MR) is 124 cm³/mol. The molecule has 3 unspecified atom stereocenters. The van der Waals surface area contributed by atoms with Crippen LogP contribution in [0, 0.1) is 0 Å². The van der Waals surface area contributed by atoms with Crippen molar-refractivity contribution in [3.8, 4) is 11.1 Å². The molecule has 2 aromatic carbocycles. The zero-order chi connectivity index (χ0) is 23.5. The first-order valence-electron chi connectivity index (χ1n) is 10.7. The quantitative estimate of drug-likeness (QED) is 0.641. The van der Waals surface area contributed by atoms with Crippen molar-refractivity contribution in [2.24, 2.45) is 0 Å². The molecule has 1 fully saturated rings. The summed E-state index contributed by atoms with van der Waals surface area (Å²) in [5.74, 6) is -1.28. The van der Waals surface area contributed by atoms with Crippen LogP contribution in [0.25, 0.3) is 11.1 Å². The Morgan fingerprint density at radius 2 is 1.73 bits per heavy atom. The highest BCUT2D eigenvalue weighted by Crippen LogP contribution is 2.44. The summed E-state index contributed by atoms with van der Waals surface area (Å²) in [5.41, 5.74) is 4.49. The van der Waals surface area contributed by atoms with Crippen LogP contribution in [0.15, 0.2) is 48.5 Å². The van der Waals surface area contributed by atoms with Gasteiger partial charge in [-0.05, 0) is 29.2 Å². The van der Waals surface area contributed by atoms with E-state index in [0.29, 0.717) is 5.75 Å². The fourth-order valence-electron chi connectivity index (χ4n) is 4.43. The van der Waals surface area contributed by atoms with Crippen molar-refractivity contribution in [3.05, 3.63) is 59.7 Å². The Morgan fingerprint density at radius 1 is 1.12 bits per heavy atom. The molecule has 2 aromatic rings. The summed E-state index contributed by atoms with van der Waals surface area (Å²) in [6.45, 7) is 1.82. The second kappa shape index (κ2) is 9.84. The lowest BCUT2D eigenvalue weighted by atomic mass is 9.98. The van der Waals surface area contributed by atoms with Crippen molar-refractivity contribution in [1.29, 1.82) is 0 Å². The van der Waals surface area contributed by atoms with Crippen LogP contribution in [0.1, 0.15) is 24.0 Å². The molecule has 0 saturated carbocycles. The molecule has 174 valence electrons. The maximum Gasteiger partial charge on any atom is 0.407 e. The monoisotopic (exact) mass is 470 g/mol. The van der Waals surface area contributed by atoms with Gasteiger partial charge in [0.2, 0.25) is 0 Å². The molecule has 2 amide bonds. The second-order valence-corrected chi connectivity index (χ2v) is 9.31. The van der Waals surface area contributed by atoms with Gasteiger partial charge in [0, 0.05) is 18.8 Å². The summed E-state index contributed by atoms with van der Waals surface area (Å²) in [7, 11) is 1.35. The molecule has 0 bridgehead atoms. The topological polar surface area (TPSA) is 105 Å². The average Bonchev–Trinajstić information content (AvgIpc) is 3.36. The van der Waals surface area contributed by atoms with Crippen molar-refractivity contribution in [3.63, 3.8) is 0 Å². The Morgan fingerprint density at radius 3 is 2.30 bits per heavy atom. The molecular weight excluding hydrogens is 444 g/mol. The van der Waals surface area contributed by atoms with Gasteiger partial charge in [-0.15, -0.1) is 11.8 Å². The zero-order valence-electron chi connectivity index (χ0n) is 18.4. The third-order valence-corrected chi connectivity index (χ3v) is 7.32. The van der Waals surface area contributed by atoms with E-state index >= 15 is 0 Å². The van der Waals surface area contributed by atoms with Gasteiger partial charge < -0.3 is 24.8 Å². The van der Waals surface area contributed by atoms with E-state index in [1.54, 1.807) is 6.92 Å². The molecule has 1 saturated heterocycles. The van der Waals surface area contributed by atoms with Gasteiger partial charge in [0.25, 0.3) is 5.91 Å². The normalized spacial score (nSPS) is 20.1. The van der Waals surface area contributed by atoms with Gasteiger partial charge >= 0.3 is 12.1 Å². The molecule has 1 aliphatic carbocycles. The number of carbonyl (C=O) groups excluding carboxylic acids is 2. The largest absolute Gasteiger partial charge is 0.480 e. The van der Waals surface area contributed by atoms with Crippen LogP contribution in [0.3, 0.4) is 0 Å². The van der Waals surface area contributed by atoms with Gasteiger partial charge in [-0.3, -0.25) is 4.79 Å². The first kappa shape index (κ1) is 23.1. The lowest BCUT2D eigenvalue weighted by Gasteiger charge is -2.28. The number of fused-ring (bicyclic) bond motifs is 3. The third-order valence-electron chi connectivity index (χ3n) is 6.10. The predicted octanol–water partition coefficient (Wildman–Crippen LogP) is 2.91. The van der Waals surface area contributed by atoms with E-state index < -0.39 is 30.1 Å². The van der Waals surface area contributed by atoms with Gasteiger partial charge in [0.1, 0.15) is 12.6 Å². The Labute approximate surface area is 196 Å². The number of ether oxygens (including phenoxy) is 2. The molecule has 4 rings (SSSR count). The number of amides is 2. The number of carbonyl (C=O) groups is 3. The lowest BCUT2D eigenvalue weighted by Crippen LogP contribution is -2.52. The summed E-state index contributed by atoms with van der Waals surface area (Å²) in [4.78, 5) is 38.1. The van der Waals surface area contributed by atoms with Crippen LogP contribution in [0.4, 0.5) is 4.79 Å². The van der Waals surface area contributed by atoms with Gasteiger partial charge in [-0.1, -0.05) is 48.5 Å². The summed E-state index contributed by atoms with van der Waals surface area (Å²) in [5, 5.41) is 11.7. The first-order chi connectivity index (χ1) is 15.9. The van der Waals surface area contributed by atoms with Crippen molar-refractivity contribution in [1.82, 2.24) is 10.2 Å². The number of thioether (sulfide) groups is 1. The van der Waals surface area contributed by atoms with E-state index in [2.05, 4.69) is 17.4 Å². The fraction of sp³-hybridized carbons (Fsp3) is 0.375. The standard InChI is InChI=1S/C24H26N2O6S/c1-14-26(20(13-33-14)23(28)29)22(27)21(31-2)11-25-24(30)32-12-19-17-9-5-3-7-15(17)16-8-4-6-10-18(16)19/h3-10,14,19-21H,11-13H2,1-2H3,(H,25,30)(H,28,29). The van der Waals surface area contributed by atoms with Gasteiger partial charge in [-0.2, -0.15) is 0 Å². The average molecular weight is 471 g/mol. The maximum absolute atomic E-state index is 12.9. The highest BCUT2D eigenvalue weighted by molar-refractivity contribution is 8.00. The molecule has 8 nitrogen and oxygen atoms in total.